The van der Waals surface area contributed by atoms with E-state index in [0.717, 1.165) is 46.8 Å². The highest BCUT2D eigenvalue weighted by molar-refractivity contribution is 7.15. The lowest BCUT2D eigenvalue weighted by Gasteiger charge is -2.10. The van der Waals surface area contributed by atoms with E-state index in [9.17, 15) is 9.59 Å². The van der Waals surface area contributed by atoms with E-state index in [2.05, 4.69) is 41.0 Å². The Morgan fingerprint density at radius 1 is 0.973 bits per heavy atom. The van der Waals surface area contributed by atoms with E-state index < -0.39 is 0 Å². The molecule has 1 aliphatic carbocycles. The molecule has 2 N–H and O–H groups in total. The minimum Gasteiger partial charge on any atom is -0.300 e. The summed E-state index contributed by atoms with van der Waals surface area (Å²) in [6.07, 6.45) is 10.9. The van der Waals surface area contributed by atoms with Crippen molar-refractivity contribution in [3.05, 3.63) is 70.2 Å². The molecule has 10 nitrogen and oxygen atoms in total. The van der Waals surface area contributed by atoms with Crippen LogP contribution in [0.1, 0.15) is 59.2 Å². The average Bonchev–Trinajstić information content (AvgIpc) is 3.67. The quantitative estimate of drug-likeness (QED) is 0.326. The maximum absolute atomic E-state index is 12.6. The number of amides is 2. The first-order valence-electron chi connectivity index (χ1n) is 12.1. The summed E-state index contributed by atoms with van der Waals surface area (Å²) in [5.41, 5.74) is 1.71. The van der Waals surface area contributed by atoms with Gasteiger partial charge in [0.2, 0.25) is 22.1 Å². The maximum atomic E-state index is 12.6. The van der Waals surface area contributed by atoms with Crippen molar-refractivity contribution in [2.75, 3.05) is 10.6 Å². The second-order valence-corrected chi connectivity index (χ2v) is 11.2. The second-order valence-electron chi connectivity index (χ2n) is 9.11. The number of pyridine rings is 2. The van der Waals surface area contributed by atoms with Crippen LogP contribution < -0.4 is 10.6 Å². The first-order chi connectivity index (χ1) is 18.0. The number of aromatic nitrogens is 6. The van der Waals surface area contributed by atoms with Crippen molar-refractivity contribution in [3.63, 3.8) is 0 Å². The normalized spacial score (nSPS) is 17.9. The molecule has 4 aromatic heterocycles. The number of nitrogens with zero attached hydrogens (tertiary/aromatic N) is 6. The fourth-order valence-electron chi connectivity index (χ4n) is 4.42. The largest absolute Gasteiger partial charge is 0.300 e. The van der Waals surface area contributed by atoms with Gasteiger partial charge in [-0.2, -0.15) is 0 Å². The molecule has 190 valence electrons. The summed E-state index contributed by atoms with van der Waals surface area (Å²) in [6.45, 7) is 1.85. The Hall–Kier alpha value is -3.64. The second kappa shape index (κ2) is 11.6. The third-order valence-electron chi connectivity index (χ3n) is 6.40. The van der Waals surface area contributed by atoms with Crippen molar-refractivity contribution in [1.82, 2.24) is 30.4 Å². The van der Waals surface area contributed by atoms with E-state index in [0.29, 0.717) is 22.1 Å². The molecule has 0 aromatic carbocycles. The highest BCUT2D eigenvalue weighted by atomic mass is 32.1. The van der Waals surface area contributed by atoms with Gasteiger partial charge < -0.3 is 10.6 Å². The van der Waals surface area contributed by atoms with Gasteiger partial charge in [0.05, 0.1) is 12.3 Å². The Kier molecular flexibility index (Phi) is 7.85. The van der Waals surface area contributed by atoms with Crippen LogP contribution in [-0.2, 0) is 22.4 Å². The average molecular weight is 535 g/mol. The summed E-state index contributed by atoms with van der Waals surface area (Å²) in [5, 5.41) is 25.6. The number of anilines is 2. The van der Waals surface area contributed by atoms with Crippen LogP contribution in [0.2, 0.25) is 0 Å². The van der Waals surface area contributed by atoms with Gasteiger partial charge in [0.25, 0.3) is 0 Å². The zero-order valence-electron chi connectivity index (χ0n) is 20.2. The molecule has 0 radical (unpaired) electrons. The molecule has 0 bridgehead atoms. The maximum Gasteiger partial charge on any atom is 0.233 e. The van der Waals surface area contributed by atoms with Crippen molar-refractivity contribution >= 4 is 44.8 Å². The first kappa shape index (κ1) is 25.0. The van der Waals surface area contributed by atoms with Crippen LogP contribution in [0.15, 0.2) is 49.1 Å². The molecule has 1 saturated carbocycles. The van der Waals surface area contributed by atoms with Crippen molar-refractivity contribution in [2.45, 2.75) is 50.9 Å². The molecule has 5 rings (SSSR count). The number of rotatable bonds is 9. The van der Waals surface area contributed by atoms with Gasteiger partial charge in [0.15, 0.2) is 0 Å². The predicted molar refractivity (Wildman–Crippen MR) is 141 cm³/mol. The third kappa shape index (κ3) is 6.57. The van der Waals surface area contributed by atoms with Gasteiger partial charge in [-0.25, -0.2) is 0 Å². The van der Waals surface area contributed by atoms with Crippen LogP contribution in [-0.4, -0.2) is 42.2 Å². The summed E-state index contributed by atoms with van der Waals surface area (Å²) in [6, 6.07) is 7.38. The van der Waals surface area contributed by atoms with Crippen LogP contribution in [0.25, 0.3) is 0 Å². The van der Waals surface area contributed by atoms with Gasteiger partial charge in [-0.1, -0.05) is 34.8 Å². The number of carbonyl (C=O) groups excluding carboxylic acids is 2. The summed E-state index contributed by atoms with van der Waals surface area (Å²) >= 11 is 2.86. The van der Waals surface area contributed by atoms with Crippen molar-refractivity contribution in [1.29, 1.82) is 0 Å². The van der Waals surface area contributed by atoms with Crippen LogP contribution in [0.4, 0.5) is 10.3 Å². The minimum absolute atomic E-state index is 0.125. The van der Waals surface area contributed by atoms with Crippen LogP contribution in [0.5, 0.6) is 0 Å². The lowest BCUT2D eigenvalue weighted by atomic mass is 10.0. The van der Waals surface area contributed by atoms with Crippen LogP contribution >= 0.6 is 22.7 Å². The van der Waals surface area contributed by atoms with Crippen molar-refractivity contribution < 1.29 is 9.59 Å². The number of nitrogens with one attached hydrogen (secondary N) is 2. The Labute approximate surface area is 222 Å². The molecule has 2 amide bonds. The molecule has 0 aliphatic heterocycles. The number of hydrogen-bond acceptors (Lipinski definition) is 10. The number of carbonyl (C=O) groups is 2. The third-order valence-corrected chi connectivity index (χ3v) is 8.27. The lowest BCUT2D eigenvalue weighted by molar-refractivity contribution is -0.117. The van der Waals surface area contributed by atoms with Crippen molar-refractivity contribution in [2.24, 2.45) is 5.92 Å². The van der Waals surface area contributed by atoms with Gasteiger partial charge >= 0.3 is 0 Å². The summed E-state index contributed by atoms with van der Waals surface area (Å²) in [5.74, 6) is 0.193. The van der Waals surface area contributed by atoms with E-state index in [1.165, 1.54) is 22.7 Å². The van der Waals surface area contributed by atoms with E-state index in [-0.39, 0.29) is 24.2 Å². The predicted octanol–water partition coefficient (Wildman–Crippen LogP) is 4.23. The zero-order chi connectivity index (χ0) is 25.6. The molecule has 4 heterocycles. The first-order valence-corrected chi connectivity index (χ1v) is 13.7. The van der Waals surface area contributed by atoms with Gasteiger partial charge in [-0.15, -0.1) is 20.4 Å². The summed E-state index contributed by atoms with van der Waals surface area (Å²) in [7, 11) is 0. The molecule has 0 saturated heterocycles. The lowest BCUT2D eigenvalue weighted by Crippen LogP contribution is -2.18. The highest BCUT2D eigenvalue weighted by Gasteiger charge is 2.30. The highest BCUT2D eigenvalue weighted by Crippen LogP contribution is 2.41. The Balaban J connectivity index is 1.10. The molecule has 3 atom stereocenters. The molecule has 37 heavy (non-hydrogen) atoms. The van der Waals surface area contributed by atoms with Gasteiger partial charge in [-0.05, 0) is 55.4 Å². The zero-order valence-corrected chi connectivity index (χ0v) is 21.8. The monoisotopic (exact) mass is 534 g/mol. The fourth-order valence-corrected chi connectivity index (χ4v) is 6.18. The van der Waals surface area contributed by atoms with E-state index in [1.54, 1.807) is 24.8 Å². The Morgan fingerprint density at radius 2 is 1.76 bits per heavy atom. The molecular weight excluding hydrogens is 508 g/mol. The molecular formula is C25H26N8O2S2. The van der Waals surface area contributed by atoms with Crippen molar-refractivity contribution in [3.8, 4) is 0 Å². The molecule has 4 aromatic rings. The summed E-state index contributed by atoms with van der Waals surface area (Å²) < 4.78 is 0. The molecule has 0 spiro atoms. The number of hydrogen-bond donors (Lipinski definition) is 2. The Bertz CT molecular complexity index is 1350. The summed E-state index contributed by atoms with van der Waals surface area (Å²) in [4.78, 5) is 33.0. The van der Waals surface area contributed by atoms with Crippen LogP contribution in [0.3, 0.4) is 0 Å². The van der Waals surface area contributed by atoms with Gasteiger partial charge in [0, 0.05) is 37.1 Å². The standard InChI is InChI=1S/C25H26N8O2S2/c1-15(19-5-3-9-27-14-19)22(35)29-25-33-31-23(37-25)18-7-6-16(10-18)12-21-30-32-24(36-21)28-20(34)11-17-4-2-8-26-13-17/h2-5,8-9,13-16,18H,6-7,10-12H2,1H3,(H,28,32,34)(H,29,33,35)/t15-,16-,18+/m0/s1. The van der Waals surface area contributed by atoms with Crippen LogP contribution in [0, 0.1) is 5.92 Å². The van der Waals surface area contributed by atoms with Gasteiger partial charge in [-0.3, -0.25) is 19.6 Å². The smallest absolute Gasteiger partial charge is 0.233 e. The van der Waals surface area contributed by atoms with E-state index in [1.807, 2.05) is 31.2 Å². The molecule has 12 heteroatoms. The molecule has 1 aliphatic rings. The fraction of sp³-hybridized carbons (Fsp3) is 0.360. The minimum atomic E-state index is -0.325. The topological polar surface area (TPSA) is 136 Å². The van der Waals surface area contributed by atoms with Gasteiger partial charge in [0.1, 0.15) is 10.0 Å². The molecule has 0 unspecified atom stereocenters. The molecule has 1 fully saturated rings. The SMILES string of the molecule is C[C@H](C(=O)Nc1nnc([C@@H]2CC[C@H](Cc3nnc(NC(=O)Cc4cccnc4)s3)C2)s1)c1cccnc1. The van der Waals surface area contributed by atoms with E-state index in [4.69, 9.17) is 0 Å². The van der Waals surface area contributed by atoms with E-state index >= 15 is 0 Å². The Morgan fingerprint density at radius 3 is 2.54 bits per heavy atom.